The van der Waals surface area contributed by atoms with Gasteiger partial charge < -0.3 is 10.6 Å². The second kappa shape index (κ2) is 9.68. The third-order valence-electron chi connectivity index (χ3n) is 2.77. The van der Waals surface area contributed by atoms with Crippen molar-refractivity contribution in [3.05, 3.63) is 12.2 Å². The Kier molecular flexibility index (Phi) is 8.97. The number of nitrogens with zero attached hydrogens (tertiary/aromatic N) is 1. The summed E-state index contributed by atoms with van der Waals surface area (Å²) in [7, 11) is 3.37. The third kappa shape index (κ3) is 7.87. The molecule has 2 N–H and O–H groups in total. The van der Waals surface area contributed by atoms with Crippen LogP contribution in [0.15, 0.2) is 12.2 Å². The van der Waals surface area contributed by atoms with E-state index in [1.807, 2.05) is 12.2 Å². The Morgan fingerprint density at radius 1 is 1.22 bits per heavy atom. The molecule has 0 saturated heterocycles. The molecule has 0 spiro atoms. The molecule has 0 heterocycles. The number of unbranched alkanes of at least 4 members (excludes halogenated alkanes) is 4. The van der Waals surface area contributed by atoms with Crippen LogP contribution < -0.4 is 5.73 Å². The number of carbonyl (C=O) groups is 2. The van der Waals surface area contributed by atoms with Crippen LogP contribution in [0.25, 0.3) is 0 Å². The van der Waals surface area contributed by atoms with Crippen LogP contribution >= 0.6 is 0 Å². The van der Waals surface area contributed by atoms with E-state index in [0.29, 0.717) is 0 Å². The minimum absolute atomic E-state index is 0.0707. The van der Waals surface area contributed by atoms with E-state index in [1.54, 1.807) is 14.1 Å². The molecule has 0 aromatic rings. The summed E-state index contributed by atoms with van der Waals surface area (Å²) in [4.78, 5) is 24.2. The Labute approximate surface area is 110 Å². The van der Waals surface area contributed by atoms with Gasteiger partial charge in [-0.1, -0.05) is 38.3 Å². The summed E-state index contributed by atoms with van der Waals surface area (Å²) in [6, 6.07) is 0. The lowest BCUT2D eigenvalue weighted by atomic mass is 10.0. The predicted octanol–water partition coefficient (Wildman–Crippen LogP) is 2.09. The third-order valence-corrected chi connectivity index (χ3v) is 2.77. The summed E-state index contributed by atoms with van der Waals surface area (Å²) >= 11 is 0. The van der Waals surface area contributed by atoms with Gasteiger partial charge in [-0.25, -0.2) is 0 Å². The SMILES string of the molecule is CCCCCCC=CC(CC(N)=O)C(=O)N(C)C. The zero-order valence-electron chi connectivity index (χ0n) is 11.8. The van der Waals surface area contributed by atoms with E-state index in [2.05, 4.69) is 6.92 Å². The molecule has 0 rings (SSSR count). The maximum atomic E-state index is 11.8. The number of hydrogen-bond acceptors (Lipinski definition) is 2. The minimum Gasteiger partial charge on any atom is -0.370 e. The number of hydrogen-bond donors (Lipinski definition) is 1. The van der Waals surface area contributed by atoms with Gasteiger partial charge >= 0.3 is 0 Å². The van der Waals surface area contributed by atoms with Gasteiger partial charge in [0.25, 0.3) is 0 Å². The molecule has 0 radical (unpaired) electrons. The van der Waals surface area contributed by atoms with Gasteiger partial charge in [0.2, 0.25) is 11.8 Å². The summed E-state index contributed by atoms with van der Waals surface area (Å²) in [6.45, 7) is 2.18. The zero-order chi connectivity index (χ0) is 14.0. The van der Waals surface area contributed by atoms with Crippen LogP contribution in [-0.2, 0) is 9.59 Å². The highest BCUT2D eigenvalue weighted by Crippen LogP contribution is 2.10. The zero-order valence-corrected chi connectivity index (χ0v) is 11.8. The highest BCUT2D eigenvalue weighted by Gasteiger charge is 2.19. The molecular formula is C14H26N2O2. The number of amides is 2. The molecule has 2 amide bonds. The number of carbonyl (C=O) groups excluding carboxylic acids is 2. The highest BCUT2D eigenvalue weighted by atomic mass is 16.2. The largest absolute Gasteiger partial charge is 0.370 e. The van der Waals surface area contributed by atoms with Crippen LogP contribution in [0.1, 0.15) is 45.4 Å². The lowest BCUT2D eigenvalue weighted by Crippen LogP contribution is -2.31. The van der Waals surface area contributed by atoms with E-state index in [-0.39, 0.29) is 12.3 Å². The van der Waals surface area contributed by atoms with Crippen LogP contribution in [0.4, 0.5) is 0 Å². The van der Waals surface area contributed by atoms with Crippen LogP contribution in [0.2, 0.25) is 0 Å². The van der Waals surface area contributed by atoms with Crippen molar-refractivity contribution in [3.8, 4) is 0 Å². The summed E-state index contributed by atoms with van der Waals surface area (Å²) in [5.74, 6) is -0.923. The summed E-state index contributed by atoms with van der Waals surface area (Å²) < 4.78 is 0. The van der Waals surface area contributed by atoms with E-state index in [4.69, 9.17) is 5.73 Å². The van der Waals surface area contributed by atoms with Crippen molar-refractivity contribution in [2.24, 2.45) is 11.7 Å². The smallest absolute Gasteiger partial charge is 0.229 e. The van der Waals surface area contributed by atoms with E-state index in [9.17, 15) is 9.59 Å². The summed E-state index contributed by atoms with van der Waals surface area (Å²) in [5, 5.41) is 0. The van der Waals surface area contributed by atoms with Gasteiger partial charge in [-0.05, 0) is 12.8 Å². The van der Waals surface area contributed by atoms with Gasteiger partial charge in [0.1, 0.15) is 0 Å². The van der Waals surface area contributed by atoms with Gasteiger partial charge in [-0.15, -0.1) is 0 Å². The second-order valence-electron chi connectivity index (χ2n) is 4.79. The van der Waals surface area contributed by atoms with Crippen molar-refractivity contribution in [3.63, 3.8) is 0 Å². The monoisotopic (exact) mass is 254 g/mol. The molecule has 18 heavy (non-hydrogen) atoms. The lowest BCUT2D eigenvalue weighted by Gasteiger charge is -2.16. The first-order valence-corrected chi connectivity index (χ1v) is 6.65. The topological polar surface area (TPSA) is 63.4 Å². The van der Waals surface area contributed by atoms with Crippen LogP contribution in [0.3, 0.4) is 0 Å². The summed E-state index contributed by atoms with van der Waals surface area (Å²) in [5.41, 5.74) is 5.16. The summed E-state index contributed by atoms with van der Waals surface area (Å²) in [6.07, 6.45) is 9.65. The van der Waals surface area contributed by atoms with Crippen molar-refractivity contribution < 1.29 is 9.59 Å². The fourth-order valence-electron chi connectivity index (χ4n) is 1.74. The average Bonchev–Trinajstić information content (AvgIpc) is 2.30. The molecule has 0 bridgehead atoms. The molecule has 0 saturated carbocycles. The average molecular weight is 254 g/mol. The van der Waals surface area contributed by atoms with Crippen molar-refractivity contribution >= 4 is 11.8 Å². The highest BCUT2D eigenvalue weighted by molar-refractivity contribution is 5.86. The molecule has 0 fully saturated rings. The Morgan fingerprint density at radius 3 is 2.39 bits per heavy atom. The fourth-order valence-corrected chi connectivity index (χ4v) is 1.74. The molecule has 0 aliphatic rings. The van der Waals surface area contributed by atoms with E-state index in [1.165, 1.54) is 24.2 Å². The molecule has 0 aliphatic carbocycles. The second-order valence-corrected chi connectivity index (χ2v) is 4.79. The van der Waals surface area contributed by atoms with Gasteiger partial charge in [-0.3, -0.25) is 9.59 Å². The first-order chi connectivity index (χ1) is 8.49. The van der Waals surface area contributed by atoms with E-state index in [0.717, 1.165) is 12.8 Å². The fraction of sp³-hybridized carbons (Fsp3) is 0.714. The first-order valence-electron chi connectivity index (χ1n) is 6.65. The van der Waals surface area contributed by atoms with Crippen molar-refractivity contribution in [2.45, 2.75) is 45.4 Å². The molecule has 1 unspecified atom stereocenters. The normalized spacial score (nSPS) is 12.6. The first kappa shape index (κ1) is 16.7. The molecular weight excluding hydrogens is 228 g/mol. The minimum atomic E-state index is -0.439. The van der Waals surface area contributed by atoms with Gasteiger partial charge in [0.05, 0.1) is 5.92 Å². The Hall–Kier alpha value is -1.32. The van der Waals surface area contributed by atoms with Gasteiger partial charge in [0, 0.05) is 20.5 Å². The molecule has 0 aromatic carbocycles. The number of allylic oxidation sites excluding steroid dienone is 1. The molecule has 4 nitrogen and oxygen atoms in total. The molecule has 0 aromatic heterocycles. The number of primary amides is 1. The Balaban J connectivity index is 4.19. The van der Waals surface area contributed by atoms with Crippen LogP contribution in [-0.4, -0.2) is 30.8 Å². The molecule has 1 atom stereocenters. The van der Waals surface area contributed by atoms with Gasteiger partial charge in [0.15, 0.2) is 0 Å². The Bertz CT molecular complexity index is 286. The van der Waals surface area contributed by atoms with Crippen LogP contribution in [0, 0.1) is 5.92 Å². The van der Waals surface area contributed by atoms with Crippen molar-refractivity contribution in [1.82, 2.24) is 4.90 Å². The van der Waals surface area contributed by atoms with Crippen molar-refractivity contribution in [1.29, 1.82) is 0 Å². The van der Waals surface area contributed by atoms with E-state index >= 15 is 0 Å². The van der Waals surface area contributed by atoms with Crippen molar-refractivity contribution in [2.75, 3.05) is 14.1 Å². The van der Waals surface area contributed by atoms with Crippen LogP contribution in [0.5, 0.6) is 0 Å². The van der Waals surface area contributed by atoms with E-state index < -0.39 is 11.8 Å². The molecule has 0 aliphatic heterocycles. The van der Waals surface area contributed by atoms with Gasteiger partial charge in [-0.2, -0.15) is 0 Å². The maximum absolute atomic E-state index is 11.8. The lowest BCUT2D eigenvalue weighted by molar-refractivity contribution is -0.133. The Morgan fingerprint density at radius 2 is 1.89 bits per heavy atom. The number of rotatable bonds is 9. The molecule has 4 heteroatoms. The quantitative estimate of drug-likeness (QED) is 0.506. The number of nitrogens with two attached hydrogens (primary N) is 1. The predicted molar refractivity (Wildman–Crippen MR) is 73.9 cm³/mol. The maximum Gasteiger partial charge on any atom is 0.229 e. The standard InChI is InChI=1S/C14H26N2O2/c1-4-5-6-7-8-9-10-12(11-13(15)17)14(18)16(2)3/h9-10,12H,4-8,11H2,1-3H3,(H2,15,17). The molecule has 104 valence electrons.